The van der Waals surface area contributed by atoms with Crippen molar-refractivity contribution in [2.45, 2.75) is 6.18 Å². The molecule has 0 fully saturated rings. The van der Waals surface area contributed by atoms with Gasteiger partial charge in [0.05, 0.1) is 11.1 Å². The number of pyridine rings is 1. The summed E-state index contributed by atoms with van der Waals surface area (Å²) in [4.78, 5) is 15.1. The van der Waals surface area contributed by atoms with Crippen molar-refractivity contribution in [3.63, 3.8) is 0 Å². The number of carbonyl (C=O) groups excluding carboxylic acids is 1. The van der Waals surface area contributed by atoms with E-state index in [2.05, 4.69) is 10.3 Å². The van der Waals surface area contributed by atoms with E-state index < -0.39 is 17.0 Å². The molecule has 3 nitrogen and oxygen atoms in total. The van der Waals surface area contributed by atoms with Gasteiger partial charge in [-0.3, -0.25) is 4.79 Å². The van der Waals surface area contributed by atoms with Crippen molar-refractivity contribution in [3.05, 3.63) is 53.7 Å². The predicted molar refractivity (Wildman–Crippen MR) is 69.1 cm³/mol. The molecule has 0 unspecified atom stereocenters. The molecule has 0 bridgehead atoms. The molecule has 1 heterocycles. The van der Waals surface area contributed by atoms with Gasteiger partial charge in [0.25, 0.3) is 5.24 Å². The van der Waals surface area contributed by atoms with Gasteiger partial charge in [-0.15, -0.1) is 0 Å². The van der Waals surface area contributed by atoms with E-state index in [9.17, 15) is 18.0 Å². The highest BCUT2D eigenvalue weighted by molar-refractivity contribution is 6.68. The number of halogens is 4. The fourth-order valence-electron chi connectivity index (χ4n) is 1.57. The van der Waals surface area contributed by atoms with Gasteiger partial charge in [-0.1, -0.05) is 6.07 Å². The summed E-state index contributed by atoms with van der Waals surface area (Å²) >= 11 is 5.38. The maximum atomic E-state index is 12.6. The second kappa shape index (κ2) is 5.50. The van der Waals surface area contributed by atoms with Crippen LogP contribution in [0.5, 0.6) is 0 Å². The minimum Gasteiger partial charge on any atom is -0.340 e. The molecular formula is C13H8ClF3N2O. The molecule has 1 aromatic heterocycles. The van der Waals surface area contributed by atoms with Crippen LogP contribution in [0, 0.1) is 0 Å². The van der Waals surface area contributed by atoms with E-state index in [0.29, 0.717) is 0 Å². The van der Waals surface area contributed by atoms with Crippen LogP contribution in [-0.4, -0.2) is 10.2 Å². The summed E-state index contributed by atoms with van der Waals surface area (Å²) in [5, 5.41) is 1.91. The van der Waals surface area contributed by atoms with E-state index in [1.165, 1.54) is 30.5 Å². The lowest BCUT2D eigenvalue weighted by Crippen LogP contribution is -2.06. The Balaban J connectivity index is 2.34. The van der Waals surface area contributed by atoms with Crippen LogP contribution >= 0.6 is 11.6 Å². The van der Waals surface area contributed by atoms with Crippen LogP contribution in [0.4, 0.5) is 24.7 Å². The SMILES string of the molecule is O=C(Cl)c1cccnc1Nc1cccc(C(F)(F)F)c1. The standard InChI is InChI=1S/C13H8ClF3N2O/c14-11(20)10-5-2-6-18-12(10)19-9-4-1-3-8(7-9)13(15,16)17/h1-7H,(H,18,19). The molecule has 0 aliphatic carbocycles. The highest BCUT2D eigenvalue weighted by Gasteiger charge is 2.30. The molecule has 1 N–H and O–H groups in total. The third-order valence-electron chi connectivity index (χ3n) is 2.47. The first-order valence-electron chi connectivity index (χ1n) is 5.47. The summed E-state index contributed by atoms with van der Waals surface area (Å²) in [6.07, 6.45) is -3.04. The van der Waals surface area contributed by atoms with Gasteiger partial charge in [0.1, 0.15) is 5.82 Å². The topological polar surface area (TPSA) is 42.0 Å². The predicted octanol–water partition coefficient (Wildman–Crippen LogP) is 4.22. The van der Waals surface area contributed by atoms with Crippen LogP contribution in [0.15, 0.2) is 42.6 Å². The first kappa shape index (κ1) is 14.3. The molecule has 0 spiro atoms. The minimum atomic E-state index is -4.44. The maximum absolute atomic E-state index is 12.6. The highest BCUT2D eigenvalue weighted by Crippen LogP contribution is 2.31. The monoisotopic (exact) mass is 300 g/mol. The molecular weight excluding hydrogens is 293 g/mol. The summed E-state index contributed by atoms with van der Waals surface area (Å²) in [7, 11) is 0. The molecule has 0 aliphatic heterocycles. The molecule has 0 aliphatic rings. The number of hydrogen-bond donors (Lipinski definition) is 1. The zero-order chi connectivity index (χ0) is 14.8. The number of alkyl halides is 3. The number of hydrogen-bond acceptors (Lipinski definition) is 3. The molecule has 0 atom stereocenters. The number of aromatic nitrogens is 1. The van der Waals surface area contributed by atoms with Gasteiger partial charge in [-0.2, -0.15) is 13.2 Å². The molecule has 0 saturated heterocycles. The van der Waals surface area contributed by atoms with Crippen molar-refractivity contribution in [3.8, 4) is 0 Å². The number of nitrogens with one attached hydrogen (secondary N) is 1. The summed E-state index contributed by atoms with van der Waals surface area (Å²) in [5.74, 6) is 0.104. The van der Waals surface area contributed by atoms with Crippen LogP contribution in [0.3, 0.4) is 0 Å². The lowest BCUT2D eigenvalue weighted by atomic mass is 10.2. The molecule has 2 aromatic rings. The Morgan fingerprint density at radius 2 is 1.95 bits per heavy atom. The van der Waals surface area contributed by atoms with E-state index in [1.54, 1.807) is 0 Å². The molecule has 0 radical (unpaired) electrons. The largest absolute Gasteiger partial charge is 0.416 e. The Hall–Kier alpha value is -2.08. The average molecular weight is 301 g/mol. The summed E-state index contributed by atoms with van der Waals surface area (Å²) < 4.78 is 37.8. The Labute approximate surface area is 117 Å². The zero-order valence-corrected chi connectivity index (χ0v) is 10.7. The van der Waals surface area contributed by atoms with Crippen LogP contribution in [0.25, 0.3) is 0 Å². The smallest absolute Gasteiger partial charge is 0.340 e. The quantitative estimate of drug-likeness (QED) is 0.863. The summed E-state index contributed by atoms with van der Waals surface area (Å²) in [6.45, 7) is 0. The average Bonchev–Trinajstić information content (AvgIpc) is 2.38. The fraction of sp³-hybridized carbons (Fsp3) is 0.0769. The van der Waals surface area contributed by atoms with Crippen LogP contribution in [-0.2, 0) is 6.18 Å². The molecule has 20 heavy (non-hydrogen) atoms. The molecule has 1 aromatic carbocycles. The Bertz CT molecular complexity index is 644. The van der Waals surface area contributed by atoms with E-state index in [4.69, 9.17) is 11.6 Å². The number of anilines is 2. The van der Waals surface area contributed by atoms with Gasteiger partial charge in [-0.25, -0.2) is 4.98 Å². The van der Waals surface area contributed by atoms with Crippen molar-refractivity contribution in [2.75, 3.05) is 5.32 Å². The van der Waals surface area contributed by atoms with Gasteiger partial charge in [-0.05, 0) is 41.9 Å². The van der Waals surface area contributed by atoms with E-state index >= 15 is 0 Å². The summed E-state index contributed by atoms with van der Waals surface area (Å²) in [5.41, 5.74) is -0.540. The van der Waals surface area contributed by atoms with Gasteiger partial charge >= 0.3 is 6.18 Å². The lowest BCUT2D eigenvalue weighted by molar-refractivity contribution is -0.137. The van der Waals surface area contributed by atoms with Gasteiger partial charge < -0.3 is 5.32 Å². The molecule has 2 rings (SSSR count). The highest BCUT2D eigenvalue weighted by atomic mass is 35.5. The van der Waals surface area contributed by atoms with E-state index in [1.807, 2.05) is 0 Å². The number of nitrogens with zero attached hydrogens (tertiary/aromatic N) is 1. The number of carbonyl (C=O) groups is 1. The van der Waals surface area contributed by atoms with E-state index in [-0.39, 0.29) is 17.1 Å². The Kier molecular flexibility index (Phi) is 3.94. The normalized spacial score (nSPS) is 11.2. The molecule has 0 saturated carbocycles. The van der Waals surface area contributed by atoms with Crippen molar-refractivity contribution in [2.24, 2.45) is 0 Å². The van der Waals surface area contributed by atoms with Crippen molar-refractivity contribution in [1.29, 1.82) is 0 Å². The second-order valence-corrected chi connectivity index (χ2v) is 4.22. The fourth-order valence-corrected chi connectivity index (χ4v) is 1.73. The van der Waals surface area contributed by atoms with E-state index in [0.717, 1.165) is 12.1 Å². The third kappa shape index (κ3) is 3.27. The molecule has 7 heteroatoms. The Morgan fingerprint density at radius 3 is 2.60 bits per heavy atom. The second-order valence-electron chi connectivity index (χ2n) is 3.88. The van der Waals surface area contributed by atoms with Gasteiger partial charge in [0.15, 0.2) is 0 Å². The van der Waals surface area contributed by atoms with Gasteiger partial charge in [0.2, 0.25) is 0 Å². The van der Waals surface area contributed by atoms with Gasteiger partial charge in [0, 0.05) is 11.9 Å². The zero-order valence-electron chi connectivity index (χ0n) is 9.91. The van der Waals surface area contributed by atoms with Crippen LogP contribution < -0.4 is 5.32 Å². The number of rotatable bonds is 3. The summed E-state index contributed by atoms with van der Waals surface area (Å²) in [6, 6.07) is 7.52. The van der Waals surface area contributed by atoms with Crippen LogP contribution in [0.1, 0.15) is 15.9 Å². The Morgan fingerprint density at radius 1 is 1.20 bits per heavy atom. The minimum absolute atomic E-state index is 0.0894. The van der Waals surface area contributed by atoms with Crippen molar-refractivity contribution in [1.82, 2.24) is 4.98 Å². The number of benzene rings is 1. The van der Waals surface area contributed by atoms with Crippen molar-refractivity contribution < 1.29 is 18.0 Å². The maximum Gasteiger partial charge on any atom is 0.416 e. The van der Waals surface area contributed by atoms with Crippen LogP contribution in [0.2, 0.25) is 0 Å². The lowest BCUT2D eigenvalue weighted by Gasteiger charge is -2.11. The molecule has 0 amide bonds. The first-order valence-corrected chi connectivity index (χ1v) is 5.85. The molecule has 104 valence electrons. The third-order valence-corrected chi connectivity index (χ3v) is 2.68. The first-order chi connectivity index (χ1) is 9.38. The van der Waals surface area contributed by atoms with Crippen molar-refractivity contribution >= 4 is 28.3 Å².